The van der Waals surface area contributed by atoms with E-state index in [9.17, 15) is 0 Å². The Morgan fingerprint density at radius 3 is 2.47 bits per heavy atom. The Kier molecular flexibility index (Phi) is 8.70. The first-order chi connectivity index (χ1) is 14.5. The molecule has 0 amide bonds. The number of hydrogen-bond acceptors (Lipinski definition) is 4. The molecule has 0 aliphatic carbocycles. The number of aromatic nitrogens is 1. The molecule has 1 aromatic heterocycles. The van der Waals surface area contributed by atoms with Gasteiger partial charge in [-0.2, -0.15) is 0 Å². The first-order valence-corrected chi connectivity index (χ1v) is 11.7. The Morgan fingerprint density at radius 1 is 1.00 bits per heavy atom. The Morgan fingerprint density at radius 2 is 1.77 bits per heavy atom. The molecule has 2 aromatic carbocycles. The maximum absolute atomic E-state index is 6.22. The van der Waals surface area contributed by atoms with Crippen LogP contribution in [0.25, 0.3) is 21.8 Å². The van der Waals surface area contributed by atoms with Crippen molar-refractivity contribution < 1.29 is 4.74 Å². The fourth-order valence-electron chi connectivity index (χ4n) is 3.69. The van der Waals surface area contributed by atoms with E-state index in [0.717, 1.165) is 65.7 Å². The lowest BCUT2D eigenvalue weighted by atomic mass is 10.1. The standard InChI is InChI=1S/C23H28Cl3N3O/c1-16(4-3-11-29(12-9-24)13-10-25)27-23-19-7-5-17(26)14-22(19)28-21-8-6-18(30-2)15-20(21)23/h5-8,14-16H,3-4,9-13H2,1-2H3,(H,27,28). The van der Waals surface area contributed by atoms with E-state index in [2.05, 4.69) is 17.1 Å². The molecule has 0 spiro atoms. The third-order valence-electron chi connectivity index (χ3n) is 5.25. The Balaban J connectivity index is 1.83. The summed E-state index contributed by atoms with van der Waals surface area (Å²) in [5.74, 6) is 2.07. The summed E-state index contributed by atoms with van der Waals surface area (Å²) in [6, 6.07) is 12.1. The highest BCUT2D eigenvalue weighted by Crippen LogP contribution is 2.34. The number of hydrogen-bond donors (Lipinski definition) is 1. The number of rotatable bonds is 11. The van der Waals surface area contributed by atoms with Crippen molar-refractivity contribution in [1.29, 1.82) is 0 Å². The maximum Gasteiger partial charge on any atom is 0.119 e. The van der Waals surface area contributed by atoms with Gasteiger partial charge in [0.2, 0.25) is 0 Å². The van der Waals surface area contributed by atoms with Crippen LogP contribution in [0.2, 0.25) is 5.02 Å². The molecule has 0 saturated heterocycles. The van der Waals surface area contributed by atoms with Gasteiger partial charge in [0, 0.05) is 46.7 Å². The number of alkyl halides is 2. The van der Waals surface area contributed by atoms with E-state index >= 15 is 0 Å². The van der Waals surface area contributed by atoms with Gasteiger partial charge >= 0.3 is 0 Å². The van der Waals surface area contributed by atoms with Crippen molar-refractivity contribution in [2.24, 2.45) is 0 Å². The van der Waals surface area contributed by atoms with Crippen molar-refractivity contribution in [3.05, 3.63) is 41.4 Å². The summed E-state index contributed by atoms with van der Waals surface area (Å²) in [5.41, 5.74) is 2.86. The number of anilines is 1. The smallest absolute Gasteiger partial charge is 0.119 e. The fraction of sp³-hybridized carbons (Fsp3) is 0.435. The second-order valence-electron chi connectivity index (χ2n) is 7.44. The highest BCUT2D eigenvalue weighted by atomic mass is 35.5. The van der Waals surface area contributed by atoms with E-state index in [0.29, 0.717) is 16.8 Å². The van der Waals surface area contributed by atoms with Gasteiger partial charge in [-0.1, -0.05) is 11.6 Å². The Hall–Kier alpha value is -1.46. The van der Waals surface area contributed by atoms with Gasteiger partial charge in [-0.15, -0.1) is 23.2 Å². The monoisotopic (exact) mass is 467 g/mol. The van der Waals surface area contributed by atoms with Gasteiger partial charge in [0.05, 0.1) is 23.8 Å². The van der Waals surface area contributed by atoms with Crippen molar-refractivity contribution in [3.8, 4) is 5.75 Å². The number of fused-ring (bicyclic) bond motifs is 2. The van der Waals surface area contributed by atoms with E-state index in [-0.39, 0.29) is 6.04 Å². The Labute approximate surface area is 193 Å². The fourth-order valence-corrected chi connectivity index (χ4v) is 4.34. The van der Waals surface area contributed by atoms with Crippen molar-refractivity contribution in [3.63, 3.8) is 0 Å². The average Bonchev–Trinajstić information content (AvgIpc) is 2.73. The van der Waals surface area contributed by atoms with Crippen LogP contribution < -0.4 is 10.1 Å². The van der Waals surface area contributed by atoms with Gasteiger partial charge in [-0.3, -0.25) is 0 Å². The molecule has 1 unspecified atom stereocenters. The number of nitrogens with zero attached hydrogens (tertiary/aromatic N) is 2. The molecule has 0 bridgehead atoms. The SMILES string of the molecule is COc1ccc2nc3cc(Cl)ccc3c(NC(C)CCCN(CCCl)CCCl)c2c1. The van der Waals surface area contributed by atoms with Gasteiger partial charge in [0.25, 0.3) is 0 Å². The molecule has 3 aromatic rings. The lowest BCUT2D eigenvalue weighted by Crippen LogP contribution is -2.30. The third-order valence-corrected chi connectivity index (χ3v) is 5.82. The highest BCUT2D eigenvalue weighted by molar-refractivity contribution is 6.31. The molecule has 0 fully saturated rings. The molecule has 162 valence electrons. The zero-order valence-electron chi connectivity index (χ0n) is 17.4. The lowest BCUT2D eigenvalue weighted by molar-refractivity contribution is 0.298. The number of benzene rings is 2. The van der Waals surface area contributed by atoms with E-state index in [1.165, 1.54) is 0 Å². The molecule has 4 nitrogen and oxygen atoms in total. The van der Waals surface area contributed by atoms with Crippen molar-refractivity contribution >= 4 is 62.3 Å². The first-order valence-electron chi connectivity index (χ1n) is 10.2. The molecular weight excluding hydrogens is 441 g/mol. The predicted octanol–water partition coefficient (Wildman–Crippen LogP) is 6.41. The molecule has 0 aliphatic heterocycles. The third kappa shape index (κ3) is 5.82. The molecular formula is C23H28Cl3N3O. The average molecular weight is 469 g/mol. The van der Waals surface area contributed by atoms with Gasteiger partial charge < -0.3 is 15.0 Å². The second-order valence-corrected chi connectivity index (χ2v) is 8.63. The summed E-state index contributed by atoms with van der Waals surface area (Å²) in [6.45, 7) is 4.95. The maximum atomic E-state index is 6.22. The molecule has 1 atom stereocenters. The zero-order chi connectivity index (χ0) is 21.5. The minimum Gasteiger partial charge on any atom is -0.497 e. The quantitative estimate of drug-likeness (QED) is 0.260. The van der Waals surface area contributed by atoms with Crippen LogP contribution in [0.15, 0.2) is 36.4 Å². The number of halogens is 3. The summed E-state index contributed by atoms with van der Waals surface area (Å²) in [5, 5.41) is 6.51. The van der Waals surface area contributed by atoms with Crippen LogP contribution in [-0.4, -0.2) is 54.4 Å². The summed E-state index contributed by atoms with van der Waals surface area (Å²) in [7, 11) is 1.68. The van der Waals surface area contributed by atoms with Crippen molar-refractivity contribution in [1.82, 2.24) is 9.88 Å². The lowest BCUT2D eigenvalue weighted by Gasteiger charge is -2.22. The predicted molar refractivity (Wildman–Crippen MR) is 131 cm³/mol. The summed E-state index contributed by atoms with van der Waals surface area (Å²) in [6.07, 6.45) is 2.10. The molecule has 1 heterocycles. The number of ether oxygens (including phenoxy) is 1. The largest absolute Gasteiger partial charge is 0.497 e. The first kappa shape index (κ1) is 23.2. The van der Waals surface area contributed by atoms with Gasteiger partial charge in [0.15, 0.2) is 0 Å². The molecule has 1 N–H and O–H groups in total. The number of pyridine rings is 1. The van der Waals surface area contributed by atoms with Crippen LogP contribution in [0, 0.1) is 0 Å². The van der Waals surface area contributed by atoms with Crippen LogP contribution >= 0.6 is 34.8 Å². The van der Waals surface area contributed by atoms with Crippen LogP contribution in [-0.2, 0) is 0 Å². The zero-order valence-corrected chi connectivity index (χ0v) is 19.7. The van der Waals surface area contributed by atoms with Crippen LogP contribution in [0.1, 0.15) is 19.8 Å². The minimum atomic E-state index is 0.287. The topological polar surface area (TPSA) is 37.4 Å². The molecule has 7 heteroatoms. The van der Waals surface area contributed by atoms with Crippen molar-refractivity contribution in [2.75, 3.05) is 43.8 Å². The molecule has 30 heavy (non-hydrogen) atoms. The van der Waals surface area contributed by atoms with Crippen LogP contribution in [0.5, 0.6) is 5.75 Å². The van der Waals surface area contributed by atoms with E-state index in [1.807, 2.05) is 36.4 Å². The van der Waals surface area contributed by atoms with Crippen LogP contribution in [0.4, 0.5) is 5.69 Å². The summed E-state index contributed by atoms with van der Waals surface area (Å²) >= 11 is 18.0. The molecule has 0 saturated carbocycles. The van der Waals surface area contributed by atoms with Gasteiger partial charge in [-0.05, 0) is 62.7 Å². The summed E-state index contributed by atoms with van der Waals surface area (Å²) < 4.78 is 5.45. The Bertz CT molecular complexity index is 977. The van der Waals surface area contributed by atoms with Crippen molar-refractivity contribution in [2.45, 2.75) is 25.8 Å². The molecule has 3 rings (SSSR count). The molecule has 0 radical (unpaired) electrons. The minimum absolute atomic E-state index is 0.287. The normalized spacial score (nSPS) is 12.6. The van der Waals surface area contributed by atoms with E-state index in [1.54, 1.807) is 7.11 Å². The van der Waals surface area contributed by atoms with E-state index in [4.69, 9.17) is 44.5 Å². The van der Waals surface area contributed by atoms with Gasteiger partial charge in [-0.25, -0.2) is 4.98 Å². The highest BCUT2D eigenvalue weighted by Gasteiger charge is 2.13. The second kappa shape index (κ2) is 11.2. The summed E-state index contributed by atoms with van der Waals surface area (Å²) in [4.78, 5) is 7.11. The van der Waals surface area contributed by atoms with Gasteiger partial charge in [0.1, 0.15) is 5.75 Å². The van der Waals surface area contributed by atoms with E-state index < -0.39 is 0 Å². The van der Waals surface area contributed by atoms with Crippen LogP contribution in [0.3, 0.4) is 0 Å². The number of methoxy groups -OCH3 is 1. The number of nitrogens with one attached hydrogen (secondary N) is 1. The molecule has 0 aliphatic rings.